The molecule has 0 aromatic heterocycles. The summed E-state index contributed by atoms with van der Waals surface area (Å²) in [5, 5.41) is 8.19. The summed E-state index contributed by atoms with van der Waals surface area (Å²) in [6, 6.07) is 2.45. The van der Waals surface area contributed by atoms with Crippen molar-refractivity contribution < 1.29 is 19.0 Å². The van der Waals surface area contributed by atoms with Gasteiger partial charge in [-0.1, -0.05) is 11.6 Å². The van der Waals surface area contributed by atoms with Crippen molar-refractivity contribution in [1.82, 2.24) is 0 Å². The fourth-order valence-corrected chi connectivity index (χ4v) is 1.20. The van der Waals surface area contributed by atoms with Gasteiger partial charge in [0, 0.05) is 0 Å². The number of hydrogen-bond acceptors (Lipinski definition) is 2. The number of rotatable bonds is 3. The van der Waals surface area contributed by atoms with E-state index in [1.165, 1.54) is 12.1 Å². The monoisotopic (exact) mass is 218 g/mol. The molecule has 0 amide bonds. The first-order valence-corrected chi connectivity index (χ1v) is 4.29. The molecule has 1 aromatic rings. The zero-order valence-corrected chi connectivity index (χ0v) is 8.14. The highest BCUT2D eigenvalue weighted by Gasteiger charge is 2.16. The molecule has 0 atom stereocenters. The van der Waals surface area contributed by atoms with Gasteiger partial charge in [0.25, 0.3) is 0 Å². The minimum Gasteiger partial charge on any atom is -0.491 e. The molecule has 0 saturated carbocycles. The van der Waals surface area contributed by atoms with Gasteiger partial charge in [-0.25, -0.2) is 9.18 Å². The predicted octanol–water partition coefficient (Wildman–Crippen LogP) is 2.58. The maximum atomic E-state index is 13.3. The van der Waals surface area contributed by atoms with Crippen LogP contribution in [0.4, 0.5) is 4.39 Å². The lowest BCUT2D eigenvalue weighted by atomic mass is 10.2. The number of carbonyl (C=O) groups is 1. The van der Waals surface area contributed by atoms with E-state index in [-0.39, 0.29) is 11.3 Å². The van der Waals surface area contributed by atoms with Gasteiger partial charge in [0.2, 0.25) is 0 Å². The Hall–Kier alpha value is -1.29. The zero-order chi connectivity index (χ0) is 10.7. The van der Waals surface area contributed by atoms with Crippen molar-refractivity contribution in [3.8, 4) is 5.75 Å². The molecule has 1 aromatic carbocycles. The summed E-state index contributed by atoms with van der Waals surface area (Å²) in [6.45, 7) is 1.98. The van der Waals surface area contributed by atoms with Crippen LogP contribution in [-0.4, -0.2) is 17.7 Å². The standard InChI is InChI=1S/C9H8ClFO3/c1-2-14-6-4-3-5(9(12)13)7(10)8(6)11/h3-4H,2H2,1H3,(H,12,13). The molecule has 1 N–H and O–H groups in total. The van der Waals surface area contributed by atoms with Crippen LogP contribution in [0.15, 0.2) is 12.1 Å². The van der Waals surface area contributed by atoms with E-state index in [0.29, 0.717) is 6.61 Å². The average Bonchev–Trinajstić information content (AvgIpc) is 2.13. The second-order valence-corrected chi connectivity index (χ2v) is 2.86. The number of carboxylic acids is 1. The van der Waals surface area contributed by atoms with Crippen molar-refractivity contribution in [3.05, 3.63) is 28.5 Å². The van der Waals surface area contributed by atoms with Gasteiger partial charge in [0.1, 0.15) is 0 Å². The zero-order valence-electron chi connectivity index (χ0n) is 7.38. The lowest BCUT2D eigenvalue weighted by Crippen LogP contribution is -2.02. The van der Waals surface area contributed by atoms with E-state index < -0.39 is 16.8 Å². The van der Waals surface area contributed by atoms with Gasteiger partial charge in [-0.15, -0.1) is 0 Å². The molecule has 0 fully saturated rings. The molecule has 0 aliphatic rings. The molecule has 0 unspecified atom stereocenters. The Labute approximate surface area is 85.1 Å². The number of carboxylic acid groups (broad SMARTS) is 1. The fraction of sp³-hybridized carbons (Fsp3) is 0.222. The summed E-state index contributed by atoms with van der Waals surface area (Å²) in [7, 11) is 0. The first-order valence-electron chi connectivity index (χ1n) is 3.92. The number of ether oxygens (including phenoxy) is 1. The van der Waals surface area contributed by atoms with Crippen molar-refractivity contribution in [2.75, 3.05) is 6.61 Å². The Kier molecular flexibility index (Phi) is 3.30. The quantitative estimate of drug-likeness (QED) is 0.848. The number of benzene rings is 1. The first-order chi connectivity index (χ1) is 6.57. The molecule has 0 bridgehead atoms. The van der Waals surface area contributed by atoms with E-state index in [0.717, 1.165) is 0 Å². The Morgan fingerprint density at radius 2 is 2.29 bits per heavy atom. The summed E-state index contributed by atoms with van der Waals surface area (Å²) in [5.74, 6) is -2.15. The average molecular weight is 219 g/mol. The third-order valence-corrected chi connectivity index (χ3v) is 1.95. The van der Waals surface area contributed by atoms with E-state index >= 15 is 0 Å². The van der Waals surface area contributed by atoms with Crippen molar-refractivity contribution in [3.63, 3.8) is 0 Å². The maximum absolute atomic E-state index is 13.3. The highest BCUT2D eigenvalue weighted by atomic mass is 35.5. The summed E-state index contributed by atoms with van der Waals surface area (Å²) < 4.78 is 18.2. The predicted molar refractivity (Wildman–Crippen MR) is 49.5 cm³/mol. The van der Waals surface area contributed by atoms with Crippen LogP contribution in [-0.2, 0) is 0 Å². The molecule has 3 nitrogen and oxygen atoms in total. The Morgan fingerprint density at radius 3 is 2.79 bits per heavy atom. The van der Waals surface area contributed by atoms with E-state index in [2.05, 4.69) is 0 Å². The van der Waals surface area contributed by atoms with Gasteiger partial charge < -0.3 is 9.84 Å². The Bertz CT molecular complexity index is 365. The van der Waals surface area contributed by atoms with Crippen LogP contribution in [0, 0.1) is 5.82 Å². The van der Waals surface area contributed by atoms with Crippen molar-refractivity contribution >= 4 is 17.6 Å². The second kappa shape index (κ2) is 4.28. The Balaban J connectivity index is 3.19. The molecule has 1 rings (SSSR count). The molecule has 14 heavy (non-hydrogen) atoms. The van der Waals surface area contributed by atoms with Crippen LogP contribution in [0.25, 0.3) is 0 Å². The molecule has 0 saturated heterocycles. The molecular formula is C9H8ClFO3. The van der Waals surface area contributed by atoms with Crippen LogP contribution in [0.1, 0.15) is 17.3 Å². The summed E-state index contributed by atoms with van der Waals surface area (Å²) in [4.78, 5) is 10.6. The van der Waals surface area contributed by atoms with E-state index in [1.807, 2.05) is 0 Å². The summed E-state index contributed by atoms with van der Waals surface area (Å²) in [6.07, 6.45) is 0. The number of hydrogen-bond donors (Lipinski definition) is 1. The largest absolute Gasteiger partial charge is 0.491 e. The summed E-state index contributed by atoms with van der Waals surface area (Å²) in [5.41, 5.74) is -0.271. The van der Waals surface area contributed by atoms with Crippen molar-refractivity contribution in [2.24, 2.45) is 0 Å². The SMILES string of the molecule is CCOc1ccc(C(=O)O)c(Cl)c1F. The molecule has 0 aliphatic heterocycles. The van der Waals surface area contributed by atoms with Crippen molar-refractivity contribution in [2.45, 2.75) is 6.92 Å². The highest BCUT2D eigenvalue weighted by molar-refractivity contribution is 6.33. The molecule has 0 heterocycles. The van der Waals surface area contributed by atoms with Crippen LogP contribution >= 0.6 is 11.6 Å². The van der Waals surface area contributed by atoms with E-state index in [9.17, 15) is 9.18 Å². The number of aromatic carboxylic acids is 1. The molecule has 76 valence electrons. The Morgan fingerprint density at radius 1 is 1.64 bits per heavy atom. The smallest absolute Gasteiger partial charge is 0.337 e. The minimum absolute atomic E-state index is 0.0394. The minimum atomic E-state index is -1.27. The molecule has 0 aliphatic carbocycles. The molecule has 0 radical (unpaired) electrons. The van der Waals surface area contributed by atoms with Crippen LogP contribution in [0.3, 0.4) is 0 Å². The molecule has 5 heteroatoms. The lowest BCUT2D eigenvalue weighted by Gasteiger charge is -2.06. The van der Waals surface area contributed by atoms with Crippen molar-refractivity contribution in [1.29, 1.82) is 0 Å². The molecule has 0 spiro atoms. The molecular weight excluding hydrogens is 211 g/mol. The van der Waals surface area contributed by atoms with E-state index in [4.69, 9.17) is 21.4 Å². The topological polar surface area (TPSA) is 46.5 Å². The van der Waals surface area contributed by atoms with E-state index in [1.54, 1.807) is 6.92 Å². The highest BCUT2D eigenvalue weighted by Crippen LogP contribution is 2.28. The first kappa shape index (κ1) is 10.8. The lowest BCUT2D eigenvalue weighted by molar-refractivity contribution is 0.0696. The van der Waals surface area contributed by atoms with Crippen LogP contribution in [0.2, 0.25) is 5.02 Å². The third kappa shape index (κ3) is 1.96. The van der Waals surface area contributed by atoms with Gasteiger partial charge in [-0.2, -0.15) is 0 Å². The fourth-order valence-electron chi connectivity index (χ4n) is 0.964. The van der Waals surface area contributed by atoms with Gasteiger partial charge in [0.05, 0.1) is 17.2 Å². The normalized spacial score (nSPS) is 9.93. The number of halogens is 2. The van der Waals surface area contributed by atoms with Crippen LogP contribution in [0.5, 0.6) is 5.75 Å². The van der Waals surface area contributed by atoms with Gasteiger partial charge in [-0.05, 0) is 19.1 Å². The summed E-state index contributed by atoms with van der Waals surface area (Å²) >= 11 is 5.49. The van der Waals surface area contributed by atoms with Gasteiger partial charge in [-0.3, -0.25) is 0 Å². The van der Waals surface area contributed by atoms with Crippen LogP contribution < -0.4 is 4.74 Å². The third-order valence-electron chi connectivity index (χ3n) is 1.58. The second-order valence-electron chi connectivity index (χ2n) is 2.48. The van der Waals surface area contributed by atoms with Gasteiger partial charge >= 0.3 is 5.97 Å². The maximum Gasteiger partial charge on any atom is 0.337 e. The van der Waals surface area contributed by atoms with Gasteiger partial charge in [0.15, 0.2) is 11.6 Å².